The van der Waals surface area contributed by atoms with Crippen molar-refractivity contribution in [2.24, 2.45) is 0 Å². The molecule has 2 heterocycles. The molecule has 3 rings (SSSR count). The smallest absolute Gasteiger partial charge is 0.266 e. The fourth-order valence-corrected chi connectivity index (χ4v) is 2.98. The molecule has 1 aromatic heterocycles. The van der Waals surface area contributed by atoms with Crippen molar-refractivity contribution in [1.82, 2.24) is 0 Å². The van der Waals surface area contributed by atoms with Crippen LogP contribution in [-0.2, 0) is 9.59 Å². The molecule has 0 saturated carbocycles. The van der Waals surface area contributed by atoms with Gasteiger partial charge in [-0.05, 0) is 42.5 Å². The van der Waals surface area contributed by atoms with Crippen molar-refractivity contribution in [2.45, 2.75) is 20.3 Å². The van der Waals surface area contributed by atoms with Crippen LogP contribution in [0, 0.1) is 0 Å². The van der Waals surface area contributed by atoms with Crippen molar-refractivity contribution in [2.75, 3.05) is 4.90 Å². The highest BCUT2D eigenvalue weighted by Crippen LogP contribution is 2.34. The zero-order chi connectivity index (χ0) is 17.3. The standard InChI is InChI=1S/C19H17NO3S/c1-3-6-15-17(12(2)24)19(22)20(18(15)21)14-8-4-7-13(11-14)16-9-5-10-23-16/h4-11,24H,3H2,1-2H3/b15-6?,17-12+. The summed E-state index contributed by atoms with van der Waals surface area (Å²) in [7, 11) is 0. The zero-order valence-electron chi connectivity index (χ0n) is 13.4. The zero-order valence-corrected chi connectivity index (χ0v) is 14.3. The van der Waals surface area contributed by atoms with Crippen LogP contribution in [0.1, 0.15) is 20.3 Å². The minimum absolute atomic E-state index is 0.318. The second-order valence-corrected chi connectivity index (χ2v) is 6.13. The molecule has 0 atom stereocenters. The Labute approximate surface area is 145 Å². The van der Waals surface area contributed by atoms with Gasteiger partial charge in [0, 0.05) is 11.1 Å². The van der Waals surface area contributed by atoms with Gasteiger partial charge in [0.1, 0.15) is 5.76 Å². The van der Waals surface area contributed by atoms with Gasteiger partial charge in [-0.15, -0.1) is 12.6 Å². The lowest BCUT2D eigenvalue weighted by Crippen LogP contribution is -2.29. The van der Waals surface area contributed by atoms with E-state index < -0.39 is 0 Å². The predicted molar refractivity (Wildman–Crippen MR) is 96.7 cm³/mol. The van der Waals surface area contributed by atoms with Crippen LogP contribution < -0.4 is 4.90 Å². The highest BCUT2D eigenvalue weighted by atomic mass is 32.1. The Morgan fingerprint density at radius 3 is 2.62 bits per heavy atom. The summed E-state index contributed by atoms with van der Waals surface area (Å²) in [6.07, 6.45) is 4.02. The number of furan rings is 1. The molecule has 24 heavy (non-hydrogen) atoms. The SMILES string of the molecule is CCC=C1C(=O)N(c2cccc(-c3ccco3)c2)C(=O)/C1=C(\C)S. The normalized spacial score (nSPS) is 18.6. The monoisotopic (exact) mass is 339 g/mol. The van der Waals surface area contributed by atoms with Crippen LogP contribution in [0.5, 0.6) is 0 Å². The lowest BCUT2D eigenvalue weighted by Gasteiger charge is -2.14. The average molecular weight is 339 g/mol. The minimum Gasteiger partial charge on any atom is -0.464 e. The molecule has 1 saturated heterocycles. The van der Waals surface area contributed by atoms with Crippen molar-refractivity contribution in [3.05, 3.63) is 64.8 Å². The van der Waals surface area contributed by atoms with Gasteiger partial charge in [0.2, 0.25) is 0 Å². The third kappa shape index (κ3) is 2.71. The highest BCUT2D eigenvalue weighted by Gasteiger charge is 2.40. The Kier molecular flexibility index (Phi) is 4.44. The lowest BCUT2D eigenvalue weighted by atomic mass is 10.1. The number of rotatable bonds is 3. The molecule has 1 aliphatic heterocycles. The maximum Gasteiger partial charge on any atom is 0.266 e. The van der Waals surface area contributed by atoms with Gasteiger partial charge < -0.3 is 4.42 Å². The molecule has 0 radical (unpaired) electrons. The third-order valence-corrected chi connectivity index (χ3v) is 4.02. The van der Waals surface area contributed by atoms with E-state index >= 15 is 0 Å². The molecule has 5 heteroatoms. The molecular formula is C19H17NO3S. The van der Waals surface area contributed by atoms with Crippen LogP contribution in [0.3, 0.4) is 0 Å². The first-order valence-electron chi connectivity index (χ1n) is 7.67. The molecule has 2 aromatic rings. The molecule has 0 aliphatic carbocycles. The number of carbonyl (C=O) groups excluding carboxylic acids is 2. The number of hydrogen-bond donors (Lipinski definition) is 1. The Morgan fingerprint density at radius 1 is 1.21 bits per heavy atom. The highest BCUT2D eigenvalue weighted by molar-refractivity contribution is 7.84. The molecule has 122 valence electrons. The van der Waals surface area contributed by atoms with Crippen LogP contribution in [-0.4, -0.2) is 11.8 Å². The number of carbonyl (C=O) groups is 2. The van der Waals surface area contributed by atoms with Crippen LogP contribution in [0.4, 0.5) is 5.69 Å². The van der Waals surface area contributed by atoms with E-state index in [9.17, 15) is 9.59 Å². The minimum atomic E-state index is -0.344. The number of nitrogens with zero attached hydrogens (tertiary/aromatic N) is 1. The topological polar surface area (TPSA) is 50.5 Å². The van der Waals surface area contributed by atoms with E-state index in [1.807, 2.05) is 19.1 Å². The van der Waals surface area contributed by atoms with Crippen molar-refractivity contribution >= 4 is 30.1 Å². The second-order valence-electron chi connectivity index (χ2n) is 5.46. The molecule has 4 nitrogen and oxygen atoms in total. The maximum absolute atomic E-state index is 12.8. The molecule has 1 aromatic carbocycles. The van der Waals surface area contributed by atoms with E-state index in [1.165, 1.54) is 4.90 Å². The van der Waals surface area contributed by atoms with E-state index in [0.29, 0.717) is 33.9 Å². The summed E-state index contributed by atoms with van der Waals surface area (Å²) in [6.45, 7) is 3.65. The van der Waals surface area contributed by atoms with Gasteiger partial charge in [-0.25, -0.2) is 4.90 Å². The lowest BCUT2D eigenvalue weighted by molar-refractivity contribution is -0.119. The van der Waals surface area contributed by atoms with Gasteiger partial charge in [-0.3, -0.25) is 9.59 Å². The summed E-state index contributed by atoms with van der Waals surface area (Å²) in [6, 6.07) is 10.8. The van der Waals surface area contributed by atoms with E-state index in [1.54, 1.807) is 43.5 Å². The number of allylic oxidation sites excluding steroid dienone is 2. The summed E-state index contributed by atoms with van der Waals surface area (Å²) >= 11 is 4.29. The van der Waals surface area contributed by atoms with Crippen molar-refractivity contribution < 1.29 is 14.0 Å². The number of thiol groups is 1. The Hall–Kier alpha value is -2.53. The van der Waals surface area contributed by atoms with E-state index in [2.05, 4.69) is 12.6 Å². The molecule has 0 bridgehead atoms. The van der Waals surface area contributed by atoms with Gasteiger partial charge in [-0.1, -0.05) is 25.1 Å². The van der Waals surface area contributed by atoms with Crippen molar-refractivity contribution in [3.8, 4) is 11.3 Å². The quantitative estimate of drug-likeness (QED) is 0.513. The van der Waals surface area contributed by atoms with Crippen LogP contribution >= 0.6 is 12.6 Å². The Bertz CT molecular complexity index is 858. The molecular weight excluding hydrogens is 322 g/mol. The molecule has 2 amide bonds. The van der Waals surface area contributed by atoms with E-state index in [0.717, 1.165) is 5.56 Å². The number of benzene rings is 1. The van der Waals surface area contributed by atoms with E-state index in [4.69, 9.17) is 4.42 Å². The van der Waals surface area contributed by atoms with Crippen LogP contribution in [0.2, 0.25) is 0 Å². The van der Waals surface area contributed by atoms with Gasteiger partial charge >= 0.3 is 0 Å². The van der Waals surface area contributed by atoms with Crippen LogP contribution in [0.25, 0.3) is 11.3 Å². The van der Waals surface area contributed by atoms with Crippen LogP contribution in [0.15, 0.2) is 69.2 Å². The van der Waals surface area contributed by atoms with Gasteiger partial charge in [0.05, 0.1) is 17.5 Å². The van der Waals surface area contributed by atoms with Crippen molar-refractivity contribution in [1.29, 1.82) is 0 Å². The number of imide groups is 1. The Morgan fingerprint density at radius 2 is 2.00 bits per heavy atom. The molecule has 0 N–H and O–H groups in total. The van der Waals surface area contributed by atoms with Gasteiger partial charge in [-0.2, -0.15) is 0 Å². The Balaban J connectivity index is 2.09. The first-order chi connectivity index (χ1) is 11.5. The summed E-state index contributed by atoms with van der Waals surface area (Å²) in [4.78, 5) is 27.3. The molecule has 0 unspecified atom stereocenters. The van der Waals surface area contributed by atoms with Gasteiger partial charge in [0.25, 0.3) is 11.8 Å². The molecule has 1 aliphatic rings. The second kappa shape index (κ2) is 6.53. The number of amides is 2. The van der Waals surface area contributed by atoms with E-state index in [-0.39, 0.29) is 11.8 Å². The number of anilines is 1. The summed E-state index contributed by atoms with van der Waals surface area (Å²) < 4.78 is 5.39. The predicted octanol–water partition coefficient (Wildman–Crippen LogP) is 4.36. The molecule has 0 spiro atoms. The third-order valence-electron chi connectivity index (χ3n) is 3.80. The fraction of sp³-hybridized carbons (Fsp3) is 0.158. The van der Waals surface area contributed by atoms with Gasteiger partial charge in [0.15, 0.2) is 0 Å². The summed E-state index contributed by atoms with van der Waals surface area (Å²) in [5.41, 5.74) is 2.11. The first kappa shape index (κ1) is 16.3. The molecule has 1 fully saturated rings. The maximum atomic E-state index is 12.8. The largest absolute Gasteiger partial charge is 0.464 e. The first-order valence-corrected chi connectivity index (χ1v) is 8.12. The average Bonchev–Trinajstić information content (AvgIpc) is 3.16. The number of hydrogen-bond acceptors (Lipinski definition) is 4. The van der Waals surface area contributed by atoms with Crippen molar-refractivity contribution in [3.63, 3.8) is 0 Å². The summed E-state index contributed by atoms with van der Waals surface area (Å²) in [5, 5.41) is 0. The fourth-order valence-electron chi connectivity index (χ4n) is 2.77. The summed E-state index contributed by atoms with van der Waals surface area (Å²) in [5.74, 6) is 0.0204.